The van der Waals surface area contributed by atoms with Gasteiger partial charge >= 0.3 is 0 Å². The van der Waals surface area contributed by atoms with Crippen molar-refractivity contribution in [3.05, 3.63) is 99.8 Å². The van der Waals surface area contributed by atoms with E-state index in [1.807, 2.05) is 54.6 Å². The molecule has 0 aliphatic heterocycles. The zero-order valence-electron chi connectivity index (χ0n) is 19.2. The summed E-state index contributed by atoms with van der Waals surface area (Å²) in [6.45, 7) is 0.696. The lowest BCUT2D eigenvalue weighted by molar-refractivity contribution is 0.0952. The van der Waals surface area contributed by atoms with Gasteiger partial charge in [-0.3, -0.25) is 9.59 Å². The standard InChI is InChI=1S/C27H27N3O4/c1-33-20-10-6-18(7-11-20)14-15-29-26(31)23-16-22-24(28)4-3-5-25(22)30(27(23)32)17-19-8-12-21(34-2)13-9-19/h3-13,16H,14-15,17,28H2,1-2H3,(H,29,31). The number of nitrogens with two attached hydrogens (primary N) is 1. The lowest BCUT2D eigenvalue weighted by Crippen LogP contribution is -2.34. The number of nitrogens with zero attached hydrogens (tertiary/aromatic N) is 1. The molecular weight excluding hydrogens is 430 g/mol. The number of fused-ring (bicyclic) bond motifs is 1. The van der Waals surface area contributed by atoms with Crippen LogP contribution in [0.25, 0.3) is 10.9 Å². The van der Waals surface area contributed by atoms with E-state index in [9.17, 15) is 9.59 Å². The van der Waals surface area contributed by atoms with Crippen LogP contribution in [-0.4, -0.2) is 31.2 Å². The number of anilines is 1. The minimum atomic E-state index is -0.424. The Morgan fingerprint density at radius 2 is 1.53 bits per heavy atom. The van der Waals surface area contributed by atoms with Crippen molar-refractivity contribution < 1.29 is 14.3 Å². The number of nitrogen functional groups attached to an aromatic ring is 1. The first-order chi connectivity index (χ1) is 16.5. The van der Waals surface area contributed by atoms with Crippen molar-refractivity contribution in [2.24, 2.45) is 0 Å². The lowest BCUT2D eigenvalue weighted by Gasteiger charge is -2.15. The molecule has 7 nitrogen and oxygen atoms in total. The first-order valence-corrected chi connectivity index (χ1v) is 11.0. The summed E-state index contributed by atoms with van der Waals surface area (Å²) in [5.74, 6) is 1.08. The fourth-order valence-electron chi connectivity index (χ4n) is 3.86. The number of benzene rings is 3. The zero-order chi connectivity index (χ0) is 24.1. The van der Waals surface area contributed by atoms with Crippen molar-refractivity contribution in [2.45, 2.75) is 13.0 Å². The highest BCUT2D eigenvalue weighted by Crippen LogP contribution is 2.22. The molecule has 4 rings (SSSR count). The molecule has 0 saturated heterocycles. The fourth-order valence-corrected chi connectivity index (χ4v) is 3.86. The highest BCUT2D eigenvalue weighted by molar-refractivity contribution is 6.00. The maximum Gasteiger partial charge on any atom is 0.264 e. The zero-order valence-corrected chi connectivity index (χ0v) is 19.2. The topological polar surface area (TPSA) is 95.6 Å². The van der Waals surface area contributed by atoms with E-state index in [0.29, 0.717) is 36.1 Å². The smallest absolute Gasteiger partial charge is 0.264 e. The van der Waals surface area contributed by atoms with E-state index < -0.39 is 5.91 Å². The predicted molar refractivity (Wildman–Crippen MR) is 134 cm³/mol. The Balaban J connectivity index is 1.61. The Kier molecular flexibility index (Phi) is 6.82. The van der Waals surface area contributed by atoms with Crippen molar-refractivity contribution in [3.8, 4) is 11.5 Å². The Morgan fingerprint density at radius 3 is 2.15 bits per heavy atom. The minimum Gasteiger partial charge on any atom is -0.497 e. The van der Waals surface area contributed by atoms with Crippen LogP contribution < -0.4 is 26.1 Å². The third-order valence-electron chi connectivity index (χ3n) is 5.77. The second-order valence-electron chi connectivity index (χ2n) is 7.93. The molecule has 0 atom stereocenters. The highest BCUT2D eigenvalue weighted by atomic mass is 16.5. The quantitative estimate of drug-likeness (QED) is 0.394. The second-order valence-corrected chi connectivity index (χ2v) is 7.93. The SMILES string of the molecule is COc1ccc(CCNC(=O)c2cc3c(N)cccc3n(Cc3ccc(OC)cc3)c2=O)cc1. The molecule has 34 heavy (non-hydrogen) atoms. The molecule has 0 saturated carbocycles. The van der Waals surface area contributed by atoms with E-state index in [1.54, 1.807) is 37.0 Å². The average molecular weight is 458 g/mol. The molecule has 0 fully saturated rings. The summed E-state index contributed by atoms with van der Waals surface area (Å²) in [5.41, 5.74) is 9.05. The average Bonchev–Trinajstić information content (AvgIpc) is 2.86. The molecular formula is C27H27N3O4. The Hall–Kier alpha value is -4.26. The molecule has 1 amide bonds. The van der Waals surface area contributed by atoms with Gasteiger partial charge in [-0.15, -0.1) is 0 Å². The number of nitrogens with one attached hydrogen (secondary N) is 1. The summed E-state index contributed by atoms with van der Waals surface area (Å²) >= 11 is 0. The van der Waals surface area contributed by atoms with E-state index in [2.05, 4.69) is 5.32 Å². The maximum atomic E-state index is 13.4. The molecule has 3 aromatic carbocycles. The second kappa shape index (κ2) is 10.1. The third kappa shape index (κ3) is 4.88. The number of pyridine rings is 1. The fraction of sp³-hybridized carbons (Fsp3) is 0.185. The van der Waals surface area contributed by atoms with E-state index in [1.165, 1.54) is 0 Å². The van der Waals surface area contributed by atoms with Crippen LogP contribution in [0.3, 0.4) is 0 Å². The first-order valence-electron chi connectivity index (χ1n) is 11.0. The van der Waals surface area contributed by atoms with Gasteiger partial charge in [0.1, 0.15) is 17.1 Å². The Bertz CT molecular complexity index is 1360. The summed E-state index contributed by atoms with van der Waals surface area (Å²) in [5, 5.41) is 3.53. The third-order valence-corrected chi connectivity index (χ3v) is 5.77. The number of methoxy groups -OCH3 is 2. The van der Waals surface area contributed by atoms with E-state index in [4.69, 9.17) is 15.2 Å². The molecule has 174 valence electrons. The molecule has 1 heterocycles. The molecule has 0 spiro atoms. The van der Waals surface area contributed by atoms with Crippen LogP contribution >= 0.6 is 0 Å². The van der Waals surface area contributed by atoms with Crippen LogP contribution in [0.1, 0.15) is 21.5 Å². The number of hydrogen-bond donors (Lipinski definition) is 2. The molecule has 0 unspecified atom stereocenters. The van der Waals surface area contributed by atoms with Crippen LogP contribution in [0.4, 0.5) is 5.69 Å². The monoisotopic (exact) mass is 457 g/mol. The summed E-state index contributed by atoms with van der Waals surface area (Å²) in [4.78, 5) is 26.4. The number of aromatic nitrogens is 1. The molecule has 0 radical (unpaired) electrons. The van der Waals surface area contributed by atoms with Crippen molar-refractivity contribution in [1.82, 2.24) is 9.88 Å². The van der Waals surface area contributed by atoms with Crippen LogP contribution in [-0.2, 0) is 13.0 Å². The number of carbonyl (C=O) groups is 1. The van der Waals surface area contributed by atoms with Gasteiger partial charge in [0.15, 0.2) is 0 Å². The van der Waals surface area contributed by atoms with Gasteiger partial charge in [0.2, 0.25) is 0 Å². The summed E-state index contributed by atoms with van der Waals surface area (Å²) in [6, 6.07) is 22.1. The van der Waals surface area contributed by atoms with Crippen molar-refractivity contribution in [2.75, 3.05) is 26.5 Å². The van der Waals surface area contributed by atoms with Gasteiger partial charge in [-0.05, 0) is 60.0 Å². The lowest BCUT2D eigenvalue weighted by atomic mass is 10.1. The number of rotatable bonds is 8. The number of hydrogen-bond acceptors (Lipinski definition) is 5. The van der Waals surface area contributed by atoms with Gasteiger partial charge in [-0.2, -0.15) is 0 Å². The van der Waals surface area contributed by atoms with E-state index in [-0.39, 0.29) is 11.1 Å². The first kappa shape index (κ1) is 22.9. The molecule has 4 aromatic rings. The minimum absolute atomic E-state index is 0.0636. The molecule has 0 aliphatic carbocycles. The van der Waals surface area contributed by atoms with E-state index >= 15 is 0 Å². The molecule has 3 N–H and O–H groups in total. The number of amides is 1. The molecule has 1 aromatic heterocycles. The Morgan fingerprint density at radius 1 is 0.912 bits per heavy atom. The van der Waals surface area contributed by atoms with Gasteiger partial charge in [-0.1, -0.05) is 30.3 Å². The van der Waals surface area contributed by atoms with E-state index in [0.717, 1.165) is 22.6 Å². The largest absolute Gasteiger partial charge is 0.497 e. The normalized spacial score (nSPS) is 10.8. The van der Waals surface area contributed by atoms with Crippen LogP contribution in [0, 0.1) is 0 Å². The predicted octanol–water partition coefficient (Wildman–Crippen LogP) is 3.62. The van der Waals surface area contributed by atoms with Crippen LogP contribution in [0.2, 0.25) is 0 Å². The van der Waals surface area contributed by atoms with Gasteiger partial charge in [0.25, 0.3) is 11.5 Å². The molecule has 0 aliphatic rings. The summed E-state index contributed by atoms with van der Waals surface area (Å²) < 4.78 is 12.0. The molecule has 0 bridgehead atoms. The Labute approximate surface area is 197 Å². The maximum absolute atomic E-state index is 13.4. The number of ether oxygens (including phenoxy) is 2. The van der Waals surface area contributed by atoms with Gasteiger partial charge < -0.3 is 25.1 Å². The summed E-state index contributed by atoms with van der Waals surface area (Å²) in [7, 11) is 3.22. The van der Waals surface area contributed by atoms with Crippen molar-refractivity contribution in [3.63, 3.8) is 0 Å². The molecule has 7 heteroatoms. The van der Waals surface area contributed by atoms with Crippen molar-refractivity contribution in [1.29, 1.82) is 0 Å². The van der Waals surface area contributed by atoms with Gasteiger partial charge in [-0.25, -0.2) is 0 Å². The summed E-state index contributed by atoms with van der Waals surface area (Å²) in [6.07, 6.45) is 0.630. The van der Waals surface area contributed by atoms with Crippen LogP contribution in [0.15, 0.2) is 77.6 Å². The van der Waals surface area contributed by atoms with Crippen molar-refractivity contribution >= 4 is 22.5 Å². The van der Waals surface area contributed by atoms with Crippen LogP contribution in [0.5, 0.6) is 11.5 Å². The number of carbonyl (C=O) groups excluding carboxylic acids is 1. The van der Waals surface area contributed by atoms with Gasteiger partial charge in [0, 0.05) is 17.6 Å². The highest BCUT2D eigenvalue weighted by Gasteiger charge is 2.17. The van der Waals surface area contributed by atoms with Gasteiger partial charge in [0.05, 0.1) is 26.3 Å².